The monoisotopic (exact) mass is 200 g/mol. The predicted octanol–water partition coefficient (Wildman–Crippen LogP) is 2.05. The van der Waals surface area contributed by atoms with E-state index in [-0.39, 0.29) is 12.3 Å². The Kier molecular flexibility index (Phi) is 3.29. The summed E-state index contributed by atoms with van der Waals surface area (Å²) in [7, 11) is 0. The Bertz CT molecular complexity index is 148. The summed E-state index contributed by atoms with van der Waals surface area (Å²) in [5, 5.41) is 9.20. The molecule has 0 aromatic heterocycles. The van der Waals surface area contributed by atoms with Crippen LogP contribution in [0.2, 0.25) is 0 Å². The number of aliphatic hydroxyl groups is 1. The topological polar surface area (TPSA) is 20.2 Å². The summed E-state index contributed by atoms with van der Waals surface area (Å²) in [4.78, 5) is 0. The Labute approximate surface area is 73.3 Å². The van der Waals surface area contributed by atoms with Crippen LogP contribution in [0.1, 0.15) is 12.8 Å². The van der Waals surface area contributed by atoms with Gasteiger partial charge in [-0.05, 0) is 18.1 Å². The van der Waals surface area contributed by atoms with Crippen LogP contribution in [0, 0.1) is 5.92 Å². The lowest BCUT2D eigenvalue weighted by atomic mass is 10.0. The average Bonchev–Trinajstić information content (AvgIpc) is 2.29. The van der Waals surface area contributed by atoms with Crippen molar-refractivity contribution in [2.24, 2.45) is 5.92 Å². The van der Waals surface area contributed by atoms with Crippen molar-refractivity contribution in [3.8, 4) is 0 Å². The molecular formula is C7H11F3OS. The van der Waals surface area contributed by atoms with E-state index in [0.717, 1.165) is 0 Å². The first-order chi connectivity index (χ1) is 5.49. The van der Waals surface area contributed by atoms with Gasteiger partial charge in [0.2, 0.25) is 0 Å². The second-order valence-electron chi connectivity index (χ2n) is 3.02. The third kappa shape index (κ3) is 3.23. The Balaban J connectivity index is 2.23. The SMILES string of the molecule is OC1CSCC1CCC(F)(F)F. The van der Waals surface area contributed by atoms with Gasteiger partial charge in [0.25, 0.3) is 0 Å². The molecule has 2 unspecified atom stereocenters. The van der Waals surface area contributed by atoms with Crippen LogP contribution >= 0.6 is 11.8 Å². The Morgan fingerprint density at radius 2 is 2.00 bits per heavy atom. The van der Waals surface area contributed by atoms with Crippen LogP contribution in [0.15, 0.2) is 0 Å². The Morgan fingerprint density at radius 1 is 1.33 bits per heavy atom. The van der Waals surface area contributed by atoms with E-state index in [9.17, 15) is 18.3 Å². The number of hydrogen-bond acceptors (Lipinski definition) is 2. The average molecular weight is 200 g/mol. The molecule has 72 valence electrons. The third-order valence-corrected chi connectivity index (χ3v) is 3.20. The van der Waals surface area contributed by atoms with E-state index < -0.39 is 18.7 Å². The summed E-state index contributed by atoms with van der Waals surface area (Å²) in [6.07, 6.45) is -5.31. The smallest absolute Gasteiger partial charge is 0.389 e. The maximum absolute atomic E-state index is 11.7. The largest absolute Gasteiger partial charge is 0.392 e. The molecule has 2 atom stereocenters. The van der Waals surface area contributed by atoms with Crippen molar-refractivity contribution < 1.29 is 18.3 Å². The van der Waals surface area contributed by atoms with E-state index in [2.05, 4.69) is 0 Å². The molecule has 1 N–H and O–H groups in total. The standard InChI is InChI=1S/C7H11F3OS/c8-7(9,10)2-1-5-3-12-4-6(5)11/h5-6,11H,1-4H2. The summed E-state index contributed by atoms with van der Waals surface area (Å²) in [5.74, 6) is 1.09. The molecule has 0 aromatic carbocycles. The van der Waals surface area contributed by atoms with E-state index in [4.69, 9.17) is 0 Å². The van der Waals surface area contributed by atoms with Gasteiger partial charge < -0.3 is 5.11 Å². The fraction of sp³-hybridized carbons (Fsp3) is 1.00. The van der Waals surface area contributed by atoms with Gasteiger partial charge in [-0.1, -0.05) is 0 Å². The molecule has 5 heteroatoms. The van der Waals surface area contributed by atoms with Crippen LogP contribution in [0.4, 0.5) is 13.2 Å². The fourth-order valence-corrected chi connectivity index (χ4v) is 2.55. The third-order valence-electron chi connectivity index (χ3n) is 1.96. The molecule has 0 spiro atoms. The molecule has 0 radical (unpaired) electrons. The highest BCUT2D eigenvalue weighted by Crippen LogP contribution is 2.31. The molecule has 0 aliphatic carbocycles. The van der Waals surface area contributed by atoms with Crippen molar-refractivity contribution in [2.45, 2.75) is 25.1 Å². The molecule has 1 nitrogen and oxygen atoms in total. The minimum Gasteiger partial charge on any atom is -0.392 e. The highest BCUT2D eigenvalue weighted by molar-refractivity contribution is 7.99. The van der Waals surface area contributed by atoms with Gasteiger partial charge in [0, 0.05) is 12.2 Å². The molecule has 0 amide bonds. The molecule has 1 fully saturated rings. The highest BCUT2D eigenvalue weighted by Gasteiger charge is 2.32. The quantitative estimate of drug-likeness (QED) is 0.736. The molecule has 1 aliphatic heterocycles. The Hall–Kier alpha value is 0.100. The lowest BCUT2D eigenvalue weighted by molar-refractivity contribution is -0.138. The van der Waals surface area contributed by atoms with Gasteiger partial charge in [-0.15, -0.1) is 0 Å². The highest BCUT2D eigenvalue weighted by atomic mass is 32.2. The van der Waals surface area contributed by atoms with Crippen molar-refractivity contribution in [2.75, 3.05) is 11.5 Å². The molecule has 1 heterocycles. The van der Waals surface area contributed by atoms with Crippen molar-refractivity contribution in [3.63, 3.8) is 0 Å². The summed E-state index contributed by atoms with van der Waals surface area (Å²) < 4.78 is 35.2. The summed E-state index contributed by atoms with van der Waals surface area (Å²) >= 11 is 1.52. The minimum absolute atomic E-state index is 0.0671. The number of aliphatic hydroxyl groups excluding tert-OH is 1. The molecular weight excluding hydrogens is 189 g/mol. The Morgan fingerprint density at radius 3 is 2.42 bits per heavy atom. The maximum Gasteiger partial charge on any atom is 0.389 e. The van der Waals surface area contributed by atoms with E-state index in [1.807, 2.05) is 0 Å². The van der Waals surface area contributed by atoms with Crippen LogP contribution in [0.3, 0.4) is 0 Å². The van der Waals surface area contributed by atoms with Gasteiger partial charge in [0.1, 0.15) is 0 Å². The van der Waals surface area contributed by atoms with Gasteiger partial charge in [0.15, 0.2) is 0 Å². The molecule has 1 saturated heterocycles. The number of halogens is 3. The van der Waals surface area contributed by atoms with Crippen LogP contribution in [-0.2, 0) is 0 Å². The van der Waals surface area contributed by atoms with Crippen LogP contribution in [-0.4, -0.2) is 28.9 Å². The second kappa shape index (κ2) is 3.87. The van der Waals surface area contributed by atoms with E-state index >= 15 is 0 Å². The lowest BCUT2D eigenvalue weighted by Gasteiger charge is -2.14. The van der Waals surface area contributed by atoms with Gasteiger partial charge in [-0.25, -0.2) is 0 Å². The normalized spacial score (nSPS) is 31.0. The molecule has 0 bridgehead atoms. The number of alkyl halides is 3. The molecule has 0 saturated carbocycles. The molecule has 1 aliphatic rings. The zero-order valence-corrected chi connectivity index (χ0v) is 7.29. The van der Waals surface area contributed by atoms with Crippen molar-refractivity contribution >= 4 is 11.8 Å². The van der Waals surface area contributed by atoms with E-state index in [1.165, 1.54) is 11.8 Å². The number of thioether (sulfide) groups is 1. The first-order valence-corrected chi connectivity index (χ1v) is 4.97. The van der Waals surface area contributed by atoms with Crippen LogP contribution in [0.25, 0.3) is 0 Å². The van der Waals surface area contributed by atoms with Gasteiger partial charge >= 0.3 is 6.18 Å². The van der Waals surface area contributed by atoms with E-state index in [1.54, 1.807) is 0 Å². The predicted molar refractivity (Wildman–Crippen MR) is 42.1 cm³/mol. The first kappa shape index (κ1) is 10.2. The summed E-state index contributed by atoms with van der Waals surface area (Å²) in [6, 6.07) is 0. The van der Waals surface area contributed by atoms with Crippen molar-refractivity contribution in [1.82, 2.24) is 0 Å². The van der Waals surface area contributed by atoms with Gasteiger partial charge in [0.05, 0.1) is 6.10 Å². The van der Waals surface area contributed by atoms with Crippen LogP contribution < -0.4 is 0 Å². The second-order valence-corrected chi connectivity index (χ2v) is 4.09. The zero-order chi connectivity index (χ0) is 9.19. The maximum atomic E-state index is 11.7. The molecule has 1 rings (SSSR count). The molecule has 12 heavy (non-hydrogen) atoms. The molecule has 0 aromatic rings. The number of hydrogen-bond donors (Lipinski definition) is 1. The van der Waals surface area contributed by atoms with Gasteiger partial charge in [-0.3, -0.25) is 0 Å². The summed E-state index contributed by atoms with van der Waals surface area (Å²) in [5.41, 5.74) is 0. The number of rotatable bonds is 2. The van der Waals surface area contributed by atoms with Crippen molar-refractivity contribution in [3.05, 3.63) is 0 Å². The summed E-state index contributed by atoms with van der Waals surface area (Å²) in [6.45, 7) is 0. The fourth-order valence-electron chi connectivity index (χ4n) is 1.21. The van der Waals surface area contributed by atoms with Gasteiger partial charge in [-0.2, -0.15) is 24.9 Å². The van der Waals surface area contributed by atoms with Crippen LogP contribution in [0.5, 0.6) is 0 Å². The zero-order valence-electron chi connectivity index (χ0n) is 6.47. The van der Waals surface area contributed by atoms with Crippen molar-refractivity contribution in [1.29, 1.82) is 0 Å². The lowest BCUT2D eigenvalue weighted by Crippen LogP contribution is -2.20. The minimum atomic E-state index is -4.08. The van der Waals surface area contributed by atoms with E-state index in [0.29, 0.717) is 11.5 Å². The first-order valence-electron chi connectivity index (χ1n) is 3.81.